The Morgan fingerprint density at radius 1 is 1.19 bits per heavy atom. The summed E-state index contributed by atoms with van der Waals surface area (Å²) >= 11 is 5.88. The standard InChI is InChI=1S/C13H11ClF3N3O/c1-7-5-8(3-4-9(7)14)21-11-6-10(18-2)19-12(20-11)13(15,16)17/h3-6H,1-2H3,(H,18,19,20). The van der Waals surface area contributed by atoms with Crippen LogP contribution in [0.2, 0.25) is 5.02 Å². The summed E-state index contributed by atoms with van der Waals surface area (Å²) in [6.07, 6.45) is -4.65. The number of nitrogens with one attached hydrogen (secondary N) is 1. The monoisotopic (exact) mass is 317 g/mol. The second-order valence-electron chi connectivity index (χ2n) is 4.18. The minimum absolute atomic E-state index is 0.0120. The van der Waals surface area contributed by atoms with Gasteiger partial charge in [-0.15, -0.1) is 0 Å². The normalized spacial score (nSPS) is 11.3. The van der Waals surface area contributed by atoms with Crippen molar-refractivity contribution >= 4 is 17.4 Å². The molecule has 8 heteroatoms. The van der Waals surface area contributed by atoms with E-state index in [2.05, 4.69) is 15.3 Å². The number of alkyl halides is 3. The Balaban J connectivity index is 2.36. The van der Waals surface area contributed by atoms with Gasteiger partial charge in [-0.05, 0) is 30.7 Å². The fraction of sp³-hybridized carbons (Fsp3) is 0.231. The van der Waals surface area contributed by atoms with Crippen LogP contribution in [0.3, 0.4) is 0 Å². The smallest absolute Gasteiger partial charge is 0.439 e. The molecule has 0 spiro atoms. The molecule has 1 aromatic carbocycles. The van der Waals surface area contributed by atoms with Crippen LogP contribution in [0.25, 0.3) is 0 Å². The maximum absolute atomic E-state index is 12.7. The van der Waals surface area contributed by atoms with Gasteiger partial charge in [-0.3, -0.25) is 0 Å². The molecular formula is C13H11ClF3N3O. The molecule has 0 saturated carbocycles. The van der Waals surface area contributed by atoms with Crippen molar-refractivity contribution in [3.63, 3.8) is 0 Å². The zero-order chi connectivity index (χ0) is 15.6. The summed E-state index contributed by atoms with van der Waals surface area (Å²) in [7, 11) is 1.46. The number of anilines is 1. The molecule has 0 bridgehead atoms. The van der Waals surface area contributed by atoms with Gasteiger partial charge in [0.05, 0.1) is 0 Å². The van der Waals surface area contributed by atoms with E-state index in [1.165, 1.54) is 13.1 Å². The fourth-order valence-corrected chi connectivity index (χ4v) is 1.65. The van der Waals surface area contributed by atoms with E-state index in [1.807, 2.05) is 0 Å². The van der Waals surface area contributed by atoms with Crippen molar-refractivity contribution in [2.75, 3.05) is 12.4 Å². The molecule has 2 rings (SSSR count). The first-order chi connectivity index (χ1) is 9.79. The van der Waals surface area contributed by atoms with Crippen molar-refractivity contribution in [3.05, 3.63) is 40.7 Å². The Morgan fingerprint density at radius 3 is 2.48 bits per heavy atom. The number of rotatable bonds is 3. The van der Waals surface area contributed by atoms with Gasteiger partial charge in [-0.25, -0.2) is 4.98 Å². The highest BCUT2D eigenvalue weighted by Crippen LogP contribution is 2.31. The zero-order valence-electron chi connectivity index (χ0n) is 11.1. The molecule has 0 aliphatic carbocycles. The molecule has 0 saturated heterocycles. The van der Waals surface area contributed by atoms with E-state index in [4.69, 9.17) is 16.3 Å². The van der Waals surface area contributed by atoms with Gasteiger partial charge in [0.2, 0.25) is 11.7 Å². The summed E-state index contributed by atoms with van der Waals surface area (Å²) in [5.74, 6) is -1.12. The van der Waals surface area contributed by atoms with E-state index in [-0.39, 0.29) is 11.7 Å². The molecule has 1 heterocycles. The molecule has 1 aromatic heterocycles. The molecule has 112 valence electrons. The molecule has 1 N–H and O–H groups in total. The topological polar surface area (TPSA) is 47.0 Å². The maximum Gasteiger partial charge on any atom is 0.451 e. The third-order valence-corrected chi connectivity index (χ3v) is 2.99. The van der Waals surface area contributed by atoms with Crippen LogP contribution in [0.4, 0.5) is 19.0 Å². The van der Waals surface area contributed by atoms with Gasteiger partial charge in [-0.1, -0.05) is 11.6 Å². The lowest BCUT2D eigenvalue weighted by Gasteiger charge is -2.11. The van der Waals surface area contributed by atoms with Crippen LogP contribution in [-0.2, 0) is 6.18 Å². The fourth-order valence-electron chi connectivity index (χ4n) is 1.53. The number of aryl methyl sites for hydroxylation is 1. The average Bonchev–Trinajstić information content (AvgIpc) is 2.41. The van der Waals surface area contributed by atoms with Crippen LogP contribution >= 0.6 is 11.6 Å². The van der Waals surface area contributed by atoms with Crippen molar-refractivity contribution in [1.82, 2.24) is 9.97 Å². The van der Waals surface area contributed by atoms with E-state index in [9.17, 15) is 13.2 Å². The van der Waals surface area contributed by atoms with Gasteiger partial charge in [0.15, 0.2) is 0 Å². The lowest BCUT2D eigenvalue weighted by molar-refractivity contribution is -0.145. The third kappa shape index (κ3) is 3.75. The van der Waals surface area contributed by atoms with E-state index in [0.717, 1.165) is 5.56 Å². The van der Waals surface area contributed by atoms with Crippen LogP contribution in [-0.4, -0.2) is 17.0 Å². The summed E-state index contributed by atoms with van der Waals surface area (Å²) in [5.41, 5.74) is 0.744. The van der Waals surface area contributed by atoms with Crippen molar-refractivity contribution < 1.29 is 17.9 Å². The Kier molecular flexibility index (Phi) is 4.22. The highest BCUT2D eigenvalue weighted by molar-refractivity contribution is 6.31. The third-order valence-electron chi connectivity index (χ3n) is 2.56. The van der Waals surface area contributed by atoms with E-state index >= 15 is 0 Å². The highest BCUT2D eigenvalue weighted by atomic mass is 35.5. The van der Waals surface area contributed by atoms with Crippen LogP contribution in [0.5, 0.6) is 11.6 Å². The molecule has 21 heavy (non-hydrogen) atoms. The SMILES string of the molecule is CNc1cc(Oc2ccc(Cl)c(C)c2)nc(C(F)(F)F)n1. The van der Waals surface area contributed by atoms with Gasteiger partial charge in [0.1, 0.15) is 11.6 Å². The quantitative estimate of drug-likeness (QED) is 0.917. The Labute approximate surface area is 123 Å². The molecule has 2 aromatic rings. The minimum atomic E-state index is -4.65. The number of ether oxygens (including phenoxy) is 1. The predicted octanol–water partition coefficient (Wildman–Crippen LogP) is 4.29. The summed E-state index contributed by atoms with van der Waals surface area (Å²) in [5, 5.41) is 3.07. The molecular weight excluding hydrogens is 307 g/mol. The van der Waals surface area contributed by atoms with E-state index in [0.29, 0.717) is 10.8 Å². The van der Waals surface area contributed by atoms with E-state index < -0.39 is 12.0 Å². The minimum Gasteiger partial charge on any atom is -0.439 e. The molecule has 4 nitrogen and oxygen atoms in total. The molecule has 0 aliphatic rings. The van der Waals surface area contributed by atoms with Gasteiger partial charge in [-0.2, -0.15) is 18.2 Å². The van der Waals surface area contributed by atoms with Gasteiger partial charge >= 0.3 is 6.18 Å². The second-order valence-corrected chi connectivity index (χ2v) is 4.58. The number of hydrogen-bond acceptors (Lipinski definition) is 4. The summed E-state index contributed by atoms with van der Waals surface area (Å²) in [6.45, 7) is 1.76. The zero-order valence-corrected chi connectivity index (χ0v) is 11.9. The Morgan fingerprint density at radius 2 is 1.90 bits per heavy atom. The number of halogens is 4. The van der Waals surface area contributed by atoms with Crippen molar-refractivity contribution in [1.29, 1.82) is 0 Å². The van der Waals surface area contributed by atoms with Crippen LogP contribution in [0.15, 0.2) is 24.3 Å². The number of hydrogen-bond donors (Lipinski definition) is 1. The molecule has 0 atom stereocenters. The molecule has 0 amide bonds. The lowest BCUT2D eigenvalue weighted by atomic mass is 10.2. The summed E-state index contributed by atoms with van der Waals surface area (Å²) < 4.78 is 43.5. The first-order valence-corrected chi connectivity index (χ1v) is 6.25. The van der Waals surface area contributed by atoms with Crippen LogP contribution in [0.1, 0.15) is 11.4 Å². The second kappa shape index (κ2) is 5.77. The van der Waals surface area contributed by atoms with Gasteiger partial charge in [0.25, 0.3) is 0 Å². The molecule has 0 fully saturated rings. The van der Waals surface area contributed by atoms with Crippen LogP contribution in [0, 0.1) is 6.92 Å². The van der Waals surface area contributed by atoms with Crippen molar-refractivity contribution in [3.8, 4) is 11.6 Å². The maximum atomic E-state index is 12.7. The Hall–Kier alpha value is -2.02. The number of benzene rings is 1. The number of nitrogens with zero attached hydrogens (tertiary/aromatic N) is 2. The average molecular weight is 318 g/mol. The van der Waals surface area contributed by atoms with E-state index in [1.54, 1.807) is 25.1 Å². The summed E-state index contributed by atoms with van der Waals surface area (Å²) in [4.78, 5) is 6.72. The van der Waals surface area contributed by atoms with Gasteiger partial charge < -0.3 is 10.1 Å². The lowest BCUT2D eigenvalue weighted by Crippen LogP contribution is -2.12. The largest absolute Gasteiger partial charge is 0.451 e. The molecule has 0 aliphatic heterocycles. The predicted molar refractivity (Wildman–Crippen MR) is 72.8 cm³/mol. The number of aromatic nitrogens is 2. The first-order valence-electron chi connectivity index (χ1n) is 5.87. The van der Waals surface area contributed by atoms with Crippen LogP contribution < -0.4 is 10.1 Å². The molecule has 0 radical (unpaired) electrons. The first kappa shape index (κ1) is 15.4. The Bertz CT molecular complexity index is 662. The van der Waals surface area contributed by atoms with Crippen molar-refractivity contribution in [2.24, 2.45) is 0 Å². The highest BCUT2D eigenvalue weighted by Gasteiger charge is 2.35. The molecule has 0 unspecified atom stereocenters. The van der Waals surface area contributed by atoms with Gasteiger partial charge in [0, 0.05) is 18.1 Å². The van der Waals surface area contributed by atoms with Crippen molar-refractivity contribution in [2.45, 2.75) is 13.1 Å². The summed E-state index contributed by atoms with van der Waals surface area (Å²) in [6, 6.07) is 6.02.